The number of carbonyl (C=O) groups excluding carboxylic acids is 1. The summed E-state index contributed by atoms with van der Waals surface area (Å²) in [4.78, 5) is 22.5. The maximum atomic E-state index is 11.5. The van der Waals surface area contributed by atoms with Gasteiger partial charge in [-0.15, -0.1) is 0 Å². The number of rotatable bonds is 2. The zero-order chi connectivity index (χ0) is 13.1. The molecule has 1 aliphatic rings. The average Bonchev–Trinajstić information content (AvgIpc) is 2.14. The van der Waals surface area contributed by atoms with Crippen molar-refractivity contribution in [3.05, 3.63) is 0 Å². The van der Waals surface area contributed by atoms with Crippen LogP contribution in [0, 0.1) is 5.92 Å². The van der Waals surface area contributed by atoms with Gasteiger partial charge in [-0.3, -0.25) is 4.79 Å². The summed E-state index contributed by atoms with van der Waals surface area (Å²) in [5.74, 6) is -1.54. The molecule has 0 spiro atoms. The summed E-state index contributed by atoms with van der Waals surface area (Å²) < 4.78 is 10.2. The summed E-state index contributed by atoms with van der Waals surface area (Å²) in [6, 6.07) is -0.531. The molecule has 0 unspecified atom stereocenters. The molecular formula is C11H19NO5. The van der Waals surface area contributed by atoms with E-state index in [2.05, 4.69) is 5.32 Å². The maximum Gasteiger partial charge on any atom is 0.407 e. The molecule has 1 amide bonds. The minimum absolute atomic E-state index is 0.205. The van der Waals surface area contributed by atoms with E-state index in [4.69, 9.17) is 14.6 Å². The lowest BCUT2D eigenvalue weighted by molar-refractivity contribution is -0.146. The van der Waals surface area contributed by atoms with Gasteiger partial charge < -0.3 is 19.9 Å². The first kappa shape index (κ1) is 13.8. The van der Waals surface area contributed by atoms with Gasteiger partial charge in [0, 0.05) is 6.61 Å². The summed E-state index contributed by atoms with van der Waals surface area (Å²) >= 11 is 0. The topological polar surface area (TPSA) is 84.9 Å². The van der Waals surface area contributed by atoms with Gasteiger partial charge in [0.25, 0.3) is 0 Å². The molecule has 98 valence electrons. The van der Waals surface area contributed by atoms with E-state index in [1.54, 1.807) is 20.8 Å². The number of carboxylic acids is 1. The van der Waals surface area contributed by atoms with Crippen molar-refractivity contribution in [2.24, 2.45) is 5.92 Å². The highest BCUT2D eigenvalue weighted by molar-refractivity contribution is 5.73. The Kier molecular flexibility index (Phi) is 4.34. The zero-order valence-corrected chi connectivity index (χ0v) is 10.4. The number of nitrogens with one attached hydrogen (secondary N) is 1. The Morgan fingerprint density at radius 3 is 2.59 bits per heavy atom. The molecule has 1 saturated heterocycles. The van der Waals surface area contributed by atoms with E-state index in [1.165, 1.54) is 0 Å². The van der Waals surface area contributed by atoms with E-state index in [9.17, 15) is 9.59 Å². The third-order valence-electron chi connectivity index (χ3n) is 2.38. The van der Waals surface area contributed by atoms with Crippen LogP contribution >= 0.6 is 0 Å². The van der Waals surface area contributed by atoms with E-state index in [0.717, 1.165) is 0 Å². The third-order valence-corrected chi connectivity index (χ3v) is 2.38. The minimum Gasteiger partial charge on any atom is -0.481 e. The Hall–Kier alpha value is -1.30. The molecule has 1 heterocycles. The highest BCUT2D eigenvalue weighted by Gasteiger charge is 2.33. The van der Waals surface area contributed by atoms with Crippen LogP contribution in [-0.2, 0) is 14.3 Å². The quantitative estimate of drug-likeness (QED) is 0.758. The van der Waals surface area contributed by atoms with Crippen LogP contribution in [0.25, 0.3) is 0 Å². The Morgan fingerprint density at radius 2 is 2.06 bits per heavy atom. The molecule has 0 aliphatic carbocycles. The van der Waals surface area contributed by atoms with Gasteiger partial charge >= 0.3 is 12.1 Å². The first-order valence-corrected chi connectivity index (χ1v) is 5.59. The number of carbonyl (C=O) groups is 2. The summed E-state index contributed by atoms with van der Waals surface area (Å²) in [7, 11) is 0. The van der Waals surface area contributed by atoms with Gasteiger partial charge in [0.2, 0.25) is 0 Å². The highest BCUT2D eigenvalue weighted by atomic mass is 16.6. The fourth-order valence-corrected chi connectivity index (χ4v) is 1.63. The van der Waals surface area contributed by atoms with E-state index in [1.807, 2.05) is 0 Å². The van der Waals surface area contributed by atoms with Gasteiger partial charge in [0.1, 0.15) is 5.60 Å². The Bertz CT molecular complexity index is 297. The summed E-state index contributed by atoms with van der Waals surface area (Å²) in [6.07, 6.45) is -0.213. The fourth-order valence-electron chi connectivity index (χ4n) is 1.63. The maximum absolute atomic E-state index is 11.5. The van der Waals surface area contributed by atoms with Crippen molar-refractivity contribution in [1.82, 2.24) is 5.32 Å². The van der Waals surface area contributed by atoms with E-state index < -0.39 is 29.6 Å². The van der Waals surface area contributed by atoms with Crippen molar-refractivity contribution in [2.45, 2.75) is 38.8 Å². The second-order valence-electron chi connectivity index (χ2n) is 5.06. The van der Waals surface area contributed by atoms with Crippen LogP contribution in [0.1, 0.15) is 27.2 Å². The predicted molar refractivity (Wildman–Crippen MR) is 59.7 cm³/mol. The lowest BCUT2D eigenvalue weighted by atomic mass is 9.95. The molecular weight excluding hydrogens is 226 g/mol. The number of amides is 1. The summed E-state index contributed by atoms with van der Waals surface area (Å²) in [5, 5.41) is 11.5. The molecule has 0 radical (unpaired) electrons. The molecule has 6 nitrogen and oxygen atoms in total. The molecule has 0 aromatic carbocycles. The van der Waals surface area contributed by atoms with Gasteiger partial charge in [0.15, 0.2) is 0 Å². The molecule has 0 saturated carbocycles. The predicted octanol–water partition coefficient (Wildman–Crippen LogP) is 1.00. The summed E-state index contributed by atoms with van der Waals surface area (Å²) in [5.41, 5.74) is -0.599. The second-order valence-corrected chi connectivity index (χ2v) is 5.06. The minimum atomic E-state index is -0.922. The lowest BCUT2D eigenvalue weighted by Crippen LogP contribution is -2.50. The number of alkyl carbamates (subject to hydrolysis) is 1. The molecule has 0 bridgehead atoms. The van der Waals surface area contributed by atoms with Crippen LogP contribution in [0.15, 0.2) is 0 Å². The first-order chi connectivity index (χ1) is 7.79. The lowest BCUT2D eigenvalue weighted by Gasteiger charge is -2.30. The Labute approximate surface area is 100 Å². The summed E-state index contributed by atoms with van der Waals surface area (Å²) in [6.45, 7) is 5.86. The molecule has 17 heavy (non-hydrogen) atoms. The van der Waals surface area contributed by atoms with Crippen molar-refractivity contribution in [2.75, 3.05) is 13.2 Å². The van der Waals surface area contributed by atoms with E-state index in [-0.39, 0.29) is 6.61 Å². The average molecular weight is 245 g/mol. The molecule has 1 fully saturated rings. The number of carboxylic acid groups (broad SMARTS) is 1. The van der Waals surface area contributed by atoms with Crippen molar-refractivity contribution in [3.63, 3.8) is 0 Å². The van der Waals surface area contributed by atoms with Gasteiger partial charge in [-0.2, -0.15) is 0 Å². The molecule has 1 rings (SSSR count). The standard InChI is InChI=1S/C11H19NO5/c1-11(2,3)17-10(15)12-8-6-16-5-4-7(8)9(13)14/h7-8H,4-6H2,1-3H3,(H,12,15)(H,13,14)/t7-,8+/m0/s1. The number of aliphatic carboxylic acids is 1. The monoisotopic (exact) mass is 245 g/mol. The van der Waals surface area contributed by atoms with Crippen molar-refractivity contribution >= 4 is 12.1 Å². The molecule has 1 aliphatic heterocycles. The molecule has 2 N–H and O–H groups in total. The van der Waals surface area contributed by atoms with Crippen LogP contribution in [-0.4, -0.2) is 42.0 Å². The number of hydrogen-bond acceptors (Lipinski definition) is 4. The van der Waals surface area contributed by atoms with Crippen LogP contribution in [0.4, 0.5) is 4.79 Å². The Balaban J connectivity index is 2.53. The van der Waals surface area contributed by atoms with Gasteiger partial charge in [-0.25, -0.2) is 4.79 Å². The molecule has 6 heteroatoms. The van der Waals surface area contributed by atoms with Crippen molar-refractivity contribution < 1.29 is 24.2 Å². The van der Waals surface area contributed by atoms with E-state index in [0.29, 0.717) is 13.0 Å². The number of ether oxygens (including phenoxy) is 2. The molecule has 2 atom stereocenters. The van der Waals surface area contributed by atoms with Gasteiger partial charge in [0.05, 0.1) is 18.6 Å². The number of hydrogen-bond donors (Lipinski definition) is 2. The Morgan fingerprint density at radius 1 is 1.41 bits per heavy atom. The third kappa shape index (κ3) is 4.60. The second kappa shape index (κ2) is 5.35. The molecule has 0 aromatic heterocycles. The van der Waals surface area contributed by atoms with Crippen LogP contribution in [0.2, 0.25) is 0 Å². The van der Waals surface area contributed by atoms with E-state index >= 15 is 0 Å². The first-order valence-electron chi connectivity index (χ1n) is 5.59. The normalized spacial score (nSPS) is 25.1. The highest BCUT2D eigenvalue weighted by Crippen LogP contribution is 2.16. The molecule has 0 aromatic rings. The van der Waals surface area contributed by atoms with Crippen molar-refractivity contribution in [3.8, 4) is 0 Å². The van der Waals surface area contributed by atoms with Crippen LogP contribution < -0.4 is 5.32 Å². The zero-order valence-electron chi connectivity index (χ0n) is 10.4. The SMILES string of the molecule is CC(C)(C)OC(=O)N[C@@H]1COCC[C@@H]1C(=O)O. The van der Waals surface area contributed by atoms with Crippen molar-refractivity contribution in [1.29, 1.82) is 0 Å². The van der Waals surface area contributed by atoms with Gasteiger partial charge in [-0.05, 0) is 27.2 Å². The largest absolute Gasteiger partial charge is 0.481 e. The van der Waals surface area contributed by atoms with Crippen LogP contribution in [0.3, 0.4) is 0 Å². The van der Waals surface area contributed by atoms with Gasteiger partial charge in [-0.1, -0.05) is 0 Å². The van der Waals surface area contributed by atoms with Crippen LogP contribution in [0.5, 0.6) is 0 Å². The fraction of sp³-hybridized carbons (Fsp3) is 0.818. The smallest absolute Gasteiger partial charge is 0.407 e.